The molecule has 7 nitrogen and oxygen atoms in total. The molecule has 0 radical (unpaired) electrons. The molecule has 1 fully saturated rings. The third-order valence-electron chi connectivity index (χ3n) is 6.14. The van der Waals surface area contributed by atoms with Crippen LogP contribution < -0.4 is 10.5 Å². The second-order valence-corrected chi connectivity index (χ2v) is 10.4. The molecule has 2 aliphatic rings. The third kappa shape index (κ3) is 3.88. The number of thiophene rings is 1. The van der Waals surface area contributed by atoms with Crippen molar-refractivity contribution in [1.29, 1.82) is 0 Å². The number of thioether (sulfide) groups is 1. The van der Waals surface area contributed by atoms with E-state index >= 15 is 0 Å². The summed E-state index contributed by atoms with van der Waals surface area (Å²) in [6.45, 7) is 0.0229. The van der Waals surface area contributed by atoms with Crippen molar-refractivity contribution in [2.45, 2.75) is 25.8 Å². The molecule has 3 aromatic rings. The summed E-state index contributed by atoms with van der Waals surface area (Å²) in [6, 6.07) is 7.60. The molecule has 3 amide bonds. The highest BCUT2D eigenvalue weighted by Crippen LogP contribution is 2.46. The number of ether oxygens (including phenoxy) is 1. The fourth-order valence-electron chi connectivity index (χ4n) is 4.39. The number of rotatable bonds is 5. The number of imide groups is 1. The quantitative estimate of drug-likeness (QED) is 0.555. The van der Waals surface area contributed by atoms with E-state index in [9.17, 15) is 14.4 Å². The van der Waals surface area contributed by atoms with Crippen LogP contribution in [0, 0.1) is 5.92 Å². The molecule has 1 saturated heterocycles. The lowest BCUT2D eigenvalue weighted by Gasteiger charge is -2.20. The van der Waals surface area contributed by atoms with Crippen LogP contribution in [-0.2, 0) is 29.0 Å². The molecular formula is C23H20ClN3O4S2. The average molecular weight is 502 g/mol. The van der Waals surface area contributed by atoms with Crippen molar-refractivity contribution in [2.24, 2.45) is 11.7 Å². The van der Waals surface area contributed by atoms with Crippen LogP contribution in [0.15, 0.2) is 24.3 Å². The molecule has 1 atom stereocenters. The van der Waals surface area contributed by atoms with Gasteiger partial charge in [0.2, 0.25) is 11.8 Å². The van der Waals surface area contributed by atoms with Crippen molar-refractivity contribution < 1.29 is 19.1 Å². The van der Waals surface area contributed by atoms with Crippen LogP contribution in [0.5, 0.6) is 5.75 Å². The smallest absolute Gasteiger partial charge is 0.289 e. The van der Waals surface area contributed by atoms with Crippen LogP contribution in [0.1, 0.15) is 22.6 Å². The highest BCUT2D eigenvalue weighted by molar-refractivity contribution is 8.14. The highest BCUT2D eigenvalue weighted by atomic mass is 35.5. The van der Waals surface area contributed by atoms with E-state index in [-0.39, 0.29) is 35.3 Å². The second-order valence-electron chi connectivity index (χ2n) is 8.04. The Kier molecular flexibility index (Phi) is 5.80. The summed E-state index contributed by atoms with van der Waals surface area (Å²) < 4.78 is 5.30. The van der Waals surface area contributed by atoms with E-state index in [2.05, 4.69) is 0 Å². The van der Waals surface area contributed by atoms with Gasteiger partial charge in [-0.2, -0.15) is 0 Å². The van der Waals surface area contributed by atoms with Gasteiger partial charge in [-0.3, -0.25) is 19.3 Å². The third-order valence-corrected chi connectivity index (χ3v) is 8.55. The Morgan fingerprint density at radius 1 is 1.30 bits per heavy atom. The summed E-state index contributed by atoms with van der Waals surface area (Å²) in [7, 11) is 1.61. The number of halogens is 1. The summed E-state index contributed by atoms with van der Waals surface area (Å²) in [5.74, 6) is 0.128. The lowest BCUT2D eigenvalue weighted by atomic mass is 9.86. The summed E-state index contributed by atoms with van der Waals surface area (Å²) in [6.07, 6.45) is 1.98. The predicted molar refractivity (Wildman–Crippen MR) is 130 cm³/mol. The number of nitrogens with zero attached hydrogens (tertiary/aromatic N) is 2. The van der Waals surface area contributed by atoms with Crippen molar-refractivity contribution in [1.82, 2.24) is 9.88 Å². The van der Waals surface area contributed by atoms with Gasteiger partial charge in [-0.05, 0) is 42.5 Å². The van der Waals surface area contributed by atoms with Crippen LogP contribution in [-0.4, -0.2) is 39.8 Å². The molecule has 1 aliphatic carbocycles. The number of carbonyl (C=O) groups excluding carboxylic acids is 3. The molecule has 2 aromatic heterocycles. The van der Waals surface area contributed by atoms with Crippen molar-refractivity contribution in [3.8, 4) is 16.9 Å². The van der Waals surface area contributed by atoms with Crippen LogP contribution in [0.4, 0.5) is 4.79 Å². The number of benzene rings is 1. The minimum Gasteiger partial charge on any atom is -0.497 e. The SMILES string of the molecule is COc1ccc(-c2c(Cl)c(CN3C(=O)CSC3=O)nc3sc4c(c23)CCC(C(N)=O)C4)cc1. The van der Waals surface area contributed by atoms with Crippen molar-refractivity contribution in [3.63, 3.8) is 0 Å². The minimum atomic E-state index is -0.293. The van der Waals surface area contributed by atoms with Gasteiger partial charge in [-0.1, -0.05) is 35.5 Å². The van der Waals surface area contributed by atoms with Crippen LogP contribution in [0.3, 0.4) is 0 Å². The molecule has 5 rings (SSSR count). The number of aryl methyl sites for hydroxylation is 1. The number of hydrogen-bond acceptors (Lipinski definition) is 7. The average Bonchev–Trinajstić information content (AvgIpc) is 3.33. The van der Waals surface area contributed by atoms with Crippen LogP contribution in [0.2, 0.25) is 5.02 Å². The Bertz CT molecular complexity index is 1290. The van der Waals surface area contributed by atoms with E-state index in [0.717, 1.165) is 49.3 Å². The van der Waals surface area contributed by atoms with Gasteiger partial charge in [0, 0.05) is 21.7 Å². The Labute approximate surface area is 203 Å². The molecule has 10 heteroatoms. The van der Waals surface area contributed by atoms with E-state index in [1.54, 1.807) is 7.11 Å². The van der Waals surface area contributed by atoms with Crippen molar-refractivity contribution in [2.75, 3.05) is 12.9 Å². The number of methoxy groups -OCH3 is 1. The molecule has 1 aromatic carbocycles. The zero-order valence-electron chi connectivity index (χ0n) is 17.7. The second kappa shape index (κ2) is 8.62. The van der Waals surface area contributed by atoms with Crippen molar-refractivity contribution >= 4 is 62.0 Å². The highest BCUT2D eigenvalue weighted by Gasteiger charge is 2.33. The van der Waals surface area contributed by atoms with E-state index < -0.39 is 0 Å². The lowest BCUT2D eigenvalue weighted by molar-refractivity contribution is -0.125. The van der Waals surface area contributed by atoms with Gasteiger partial charge >= 0.3 is 0 Å². The Morgan fingerprint density at radius 3 is 2.70 bits per heavy atom. The van der Waals surface area contributed by atoms with Gasteiger partial charge in [0.25, 0.3) is 5.24 Å². The predicted octanol–water partition coefficient (Wildman–Crippen LogP) is 4.41. The number of aromatic nitrogens is 1. The first-order valence-electron chi connectivity index (χ1n) is 10.4. The summed E-state index contributed by atoms with van der Waals surface area (Å²) in [4.78, 5) is 44.0. The first-order chi connectivity index (χ1) is 15.9. The number of primary amides is 1. The van der Waals surface area contributed by atoms with Gasteiger partial charge < -0.3 is 10.5 Å². The maximum atomic E-state index is 12.2. The maximum Gasteiger partial charge on any atom is 0.289 e. The molecule has 170 valence electrons. The summed E-state index contributed by atoms with van der Waals surface area (Å²) in [5.41, 5.74) is 8.91. The molecule has 3 heterocycles. The topological polar surface area (TPSA) is 103 Å². The monoisotopic (exact) mass is 501 g/mol. The van der Waals surface area contributed by atoms with Crippen LogP contribution >= 0.6 is 34.7 Å². The summed E-state index contributed by atoms with van der Waals surface area (Å²) >= 11 is 9.44. The van der Waals surface area contributed by atoms with E-state index in [4.69, 9.17) is 27.1 Å². The van der Waals surface area contributed by atoms with Crippen LogP contribution in [0.25, 0.3) is 21.3 Å². The number of hydrogen-bond donors (Lipinski definition) is 1. The first-order valence-corrected chi connectivity index (χ1v) is 12.6. The number of nitrogens with two attached hydrogens (primary N) is 1. The Hall–Kier alpha value is -2.62. The molecule has 1 unspecified atom stereocenters. The number of fused-ring (bicyclic) bond motifs is 3. The largest absolute Gasteiger partial charge is 0.497 e. The zero-order valence-corrected chi connectivity index (χ0v) is 20.1. The van der Waals surface area contributed by atoms with Gasteiger partial charge in [-0.15, -0.1) is 11.3 Å². The standard InChI is InChI=1S/C23H20ClN3O4S2/c1-31-13-5-2-11(3-6-13)18-19-14-7-4-12(21(25)29)8-16(14)33-22(19)26-15(20(18)24)9-27-17(28)10-32-23(27)30/h2-3,5-6,12H,4,7-10H2,1H3,(H2,25,29). The Morgan fingerprint density at radius 2 is 2.06 bits per heavy atom. The number of amides is 3. The van der Waals surface area contributed by atoms with Gasteiger partial charge in [0.05, 0.1) is 30.1 Å². The fraction of sp³-hybridized carbons (Fsp3) is 0.304. The molecular weight excluding hydrogens is 482 g/mol. The zero-order chi connectivity index (χ0) is 23.3. The number of pyridine rings is 1. The normalized spacial score (nSPS) is 18.1. The molecule has 0 spiro atoms. The van der Waals surface area contributed by atoms with Gasteiger partial charge in [0.1, 0.15) is 10.6 Å². The van der Waals surface area contributed by atoms with E-state index in [0.29, 0.717) is 30.0 Å². The lowest BCUT2D eigenvalue weighted by Crippen LogP contribution is -2.28. The molecule has 0 bridgehead atoms. The van der Waals surface area contributed by atoms with Gasteiger partial charge in [-0.25, -0.2) is 4.98 Å². The molecule has 0 saturated carbocycles. The molecule has 1 aliphatic heterocycles. The molecule has 2 N–H and O–H groups in total. The Balaban J connectivity index is 1.69. The molecule has 33 heavy (non-hydrogen) atoms. The van der Waals surface area contributed by atoms with Gasteiger partial charge in [0.15, 0.2) is 0 Å². The van der Waals surface area contributed by atoms with Crippen molar-refractivity contribution in [3.05, 3.63) is 45.4 Å². The minimum absolute atomic E-state index is 0.0229. The fourth-order valence-corrected chi connectivity index (χ4v) is 6.75. The van der Waals surface area contributed by atoms with E-state index in [1.807, 2.05) is 24.3 Å². The number of carbonyl (C=O) groups is 3. The maximum absolute atomic E-state index is 12.2. The summed E-state index contributed by atoms with van der Waals surface area (Å²) in [5, 5.41) is 1.09. The van der Waals surface area contributed by atoms with E-state index in [1.165, 1.54) is 16.2 Å². The first kappa shape index (κ1) is 22.2.